The fraction of sp³-hybridized carbons (Fsp3) is 0.143. The predicted molar refractivity (Wildman–Crippen MR) is 83.1 cm³/mol. The van der Waals surface area contributed by atoms with Gasteiger partial charge in [-0.3, -0.25) is 0 Å². The summed E-state index contributed by atoms with van der Waals surface area (Å²) in [6.45, 7) is 0.289. The highest BCUT2D eigenvalue weighted by atomic mass is 35.5. The smallest absolute Gasteiger partial charge is 0.319 e. The van der Waals surface area contributed by atoms with Crippen LogP contribution in [0.2, 0.25) is 10.0 Å². The third-order valence-electron chi connectivity index (χ3n) is 2.60. The number of ether oxygens (including phenoxy) is 1. The lowest BCUT2D eigenvalue weighted by Crippen LogP contribution is -2.28. The van der Waals surface area contributed by atoms with Crippen molar-refractivity contribution in [1.82, 2.24) is 10.3 Å². The second-order valence-electron chi connectivity index (χ2n) is 4.14. The molecule has 0 aliphatic heterocycles. The van der Waals surface area contributed by atoms with Crippen LogP contribution in [0.25, 0.3) is 0 Å². The average molecular weight is 326 g/mol. The second kappa shape index (κ2) is 7.15. The maximum Gasteiger partial charge on any atom is 0.319 e. The number of aromatic nitrogens is 1. The first kappa shape index (κ1) is 15.4. The Hall–Kier alpha value is -1.98. The van der Waals surface area contributed by atoms with Crippen molar-refractivity contribution < 1.29 is 9.53 Å². The monoisotopic (exact) mass is 325 g/mol. The van der Waals surface area contributed by atoms with Gasteiger partial charge in [-0.15, -0.1) is 0 Å². The molecule has 5 nitrogen and oxygen atoms in total. The Bertz CT molecular complexity index is 630. The number of pyridine rings is 1. The van der Waals surface area contributed by atoms with E-state index in [1.807, 2.05) is 6.07 Å². The Morgan fingerprint density at radius 3 is 2.67 bits per heavy atom. The molecule has 2 N–H and O–H groups in total. The van der Waals surface area contributed by atoms with Gasteiger partial charge in [0.05, 0.1) is 7.11 Å². The molecule has 0 saturated heterocycles. The van der Waals surface area contributed by atoms with Gasteiger partial charge in [0.1, 0.15) is 0 Å². The van der Waals surface area contributed by atoms with Crippen molar-refractivity contribution in [3.63, 3.8) is 0 Å². The number of carbonyl (C=O) groups is 1. The van der Waals surface area contributed by atoms with Gasteiger partial charge in [0.25, 0.3) is 0 Å². The number of hydrogen-bond donors (Lipinski definition) is 2. The highest BCUT2D eigenvalue weighted by Crippen LogP contribution is 2.22. The SMILES string of the molecule is COc1ncccc1CNC(=O)Nc1cc(Cl)cc(Cl)c1. The lowest BCUT2D eigenvalue weighted by Gasteiger charge is -2.10. The highest BCUT2D eigenvalue weighted by molar-refractivity contribution is 6.35. The third kappa shape index (κ3) is 4.51. The van der Waals surface area contributed by atoms with E-state index in [-0.39, 0.29) is 12.6 Å². The van der Waals surface area contributed by atoms with Gasteiger partial charge >= 0.3 is 6.03 Å². The number of nitrogens with zero attached hydrogens (tertiary/aromatic N) is 1. The average Bonchev–Trinajstić information content (AvgIpc) is 2.44. The van der Waals surface area contributed by atoms with E-state index in [4.69, 9.17) is 27.9 Å². The summed E-state index contributed by atoms with van der Waals surface area (Å²) in [6.07, 6.45) is 1.62. The summed E-state index contributed by atoms with van der Waals surface area (Å²) in [5.74, 6) is 0.476. The Kier molecular flexibility index (Phi) is 5.25. The quantitative estimate of drug-likeness (QED) is 0.900. The Morgan fingerprint density at radius 1 is 1.29 bits per heavy atom. The Balaban J connectivity index is 1.96. The van der Waals surface area contributed by atoms with E-state index in [1.54, 1.807) is 30.5 Å². The molecule has 0 saturated carbocycles. The highest BCUT2D eigenvalue weighted by Gasteiger charge is 2.07. The van der Waals surface area contributed by atoms with Gasteiger partial charge in [0.2, 0.25) is 5.88 Å². The maximum absolute atomic E-state index is 11.8. The summed E-state index contributed by atoms with van der Waals surface area (Å²) in [7, 11) is 1.53. The molecule has 1 aromatic heterocycles. The van der Waals surface area contributed by atoms with E-state index < -0.39 is 0 Å². The molecule has 0 radical (unpaired) electrons. The zero-order valence-corrected chi connectivity index (χ0v) is 12.7. The van der Waals surface area contributed by atoms with Crippen molar-refractivity contribution in [3.05, 3.63) is 52.1 Å². The molecule has 7 heteroatoms. The standard InChI is InChI=1S/C14H13Cl2N3O2/c1-21-13-9(3-2-4-17-13)8-18-14(20)19-12-6-10(15)5-11(16)7-12/h2-7H,8H2,1H3,(H2,18,19,20). The van der Waals surface area contributed by atoms with Crippen molar-refractivity contribution in [3.8, 4) is 5.88 Å². The molecule has 21 heavy (non-hydrogen) atoms. The van der Waals surface area contributed by atoms with Crippen molar-refractivity contribution in [1.29, 1.82) is 0 Å². The number of hydrogen-bond acceptors (Lipinski definition) is 3. The van der Waals surface area contributed by atoms with Crippen LogP contribution in [0.5, 0.6) is 5.88 Å². The van der Waals surface area contributed by atoms with Gasteiger partial charge < -0.3 is 15.4 Å². The summed E-state index contributed by atoms with van der Waals surface area (Å²) in [4.78, 5) is 15.9. The zero-order valence-electron chi connectivity index (χ0n) is 11.2. The van der Waals surface area contributed by atoms with Gasteiger partial charge in [0.15, 0.2) is 0 Å². The van der Waals surface area contributed by atoms with Crippen LogP contribution in [-0.4, -0.2) is 18.1 Å². The summed E-state index contributed by atoms with van der Waals surface area (Å²) >= 11 is 11.7. The molecule has 0 fully saturated rings. The molecular formula is C14H13Cl2N3O2. The molecule has 110 valence electrons. The number of benzene rings is 1. The first-order valence-corrected chi connectivity index (χ1v) is 6.83. The molecule has 2 aromatic rings. The summed E-state index contributed by atoms with van der Waals surface area (Å²) in [5, 5.41) is 6.26. The van der Waals surface area contributed by atoms with E-state index in [0.717, 1.165) is 5.56 Å². The molecule has 1 aromatic carbocycles. The van der Waals surface area contributed by atoms with Crippen LogP contribution >= 0.6 is 23.2 Å². The Morgan fingerprint density at radius 2 is 2.00 bits per heavy atom. The van der Waals surface area contributed by atoms with Crippen LogP contribution in [0.15, 0.2) is 36.5 Å². The summed E-state index contributed by atoms with van der Waals surface area (Å²) in [5.41, 5.74) is 1.29. The van der Waals surface area contributed by atoms with Gasteiger partial charge in [-0.2, -0.15) is 0 Å². The van der Waals surface area contributed by atoms with E-state index >= 15 is 0 Å². The van der Waals surface area contributed by atoms with Crippen LogP contribution in [0.4, 0.5) is 10.5 Å². The number of anilines is 1. The van der Waals surface area contributed by atoms with Crippen molar-refractivity contribution in [2.45, 2.75) is 6.54 Å². The topological polar surface area (TPSA) is 63.2 Å². The van der Waals surface area contributed by atoms with E-state index in [1.165, 1.54) is 7.11 Å². The molecular weight excluding hydrogens is 313 g/mol. The van der Waals surface area contributed by atoms with Crippen LogP contribution in [0, 0.1) is 0 Å². The van der Waals surface area contributed by atoms with E-state index in [0.29, 0.717) is 21.6 Å². The minimum atomic E-state index is -0.376. The molecule has 0 spiro atoms. The second-order valence-corrected chi connectivity index (χ2v) is 5.01. The first-order valence-electron chi connectivity index (χ1n) is 6.07. The number of urea groups is 1. The van der Waals surface area contributed by atoms with Crippen molar-refractivity contribution in [2.24, 2.45) is 0 Å². The van der Waals surface area contributed by atoms with E-state index in [9.17, 15) is 4.79 Å². The fourth-order valence-electron chi connectivity index (χ4n) is 1.72. The molecule has 2 amide bonds. The van der Waals surface area contributed by atoms with Gasteiger partial charge in [-0.25, -0.2) is 9.78 Å². The lowest BCUT2D eigenvalue weighted by atomic mass is 10.2. The number of carbonyl (C=O) groups excluding carboxylic acids is 1. The number of nitrogens with one attached hydrogen (secondary N) is 2. The van der Waals surface area contributed by atoms with E-state index in [2.05, 4.69) is 15.6 Å². The van der Waals surface area contributed by atoms with Gasteiger partial charge in [-0.1, -0.05) is 29.3 Å². The molecule has 0 aliphatic carbocycles. The lowest BCUT2D eigenvalue weighted by molar-refractivity contribution is 0.251. The minimum Gasteiger partial charge on any atom is -0.481 e. The molecule has 0 aliphatic rings. The zero-order chi connectivity index (χ0) is 15.2. The minimum absolute atomic E-state index is 0.289. The largest absolute Gasteiger partial charge is 0.481 e. The Labute approximate surface area is 132 Å². The van der Waals surface area contributed by atoms with Crippen LogP contribution in [-0.2, 0) is 6.54 Å². The van der Waals surface area contributed by atoms with Gasteiger partial charge in [0, 0.05) is 34.0 Å². The summed E-state index contributed by atoms with van der Waals surface area (Å²) in [6, 6.07) is 8.03. The molecule has 0 atom stereocenters. The summed E-state index contributed by atoms with van der Waals surface area (Å²) < 4.78 is 5.11. The van der Waals surface area contributed by atoms with Crippen LogP contribution < -0.4 is 15.4 Å². The fourth-order valence-corrected chi connectivity index (χ4v) is 2.25. The normalized spacial score (nSPS) is 10.0. The number of methoxy groups -OCH3 is 1. The first-order chi connectivity index (χ1) is 10.1. The number of halogens is 2. The third-order valence-corrected chi connectivity index (χ3v) is 3.04. The molecule has 2 rings (SSSR count). The molecule has 1 heterocycles. The van der Waals surface area contributed by atoms with Crippen LogP contribution in [0.1, 0.15) is 5.56 Å². The number of amides is 2. The maximum atomic E-state index is 11.8. The van der Waals surface area contributed by atoms with Crippen molar-refractivity contribution >= 4 is 34.9 Å². The predicted octanol–water partition coefficient (Wildman–Crippen LogP) is 3.72. The molecule has 0 unspecified atom stereocenters. The molecule has 0 bridgehead atoms. The van der Waals surface area contributed by atoms with Crippen molar-refractivity contribution in [2.75, 3.05) is 12.4 Å². The number of rotatable bonds is 4. The van der Waals surface area contributed by atoms with Gasteiger partial charge in [-0.05, 0) is 24.3 Å². The van der Waals surface area contributed by atoms with Crippen LogP contribution in [0.3, 0.4) is 0 Å².